The third-order valence-corrected chi connectivity index (χ3v) is 16.2. The van der Waals surface area contributed by atoms with Crippen molar-refractivity contribution in [1.29, 1.82) is 0 Å². The van der Waals surface area contributed by atoms with Crippen molar-refractivity contribution in [2.45, 2.75) is 12.3 Å². The maximum atomic E-state index is 2.50. The second-order valence-electron chi connectivity index (χ2n) is 20.9. The first-order chi connectivity index (χ1) is 38.5. The zero-order chi connectivity index (χ0) is 52.0. The Labute approximate surface area is 457 Å². The highest BCUT2D eigenvalue weighted by molar-refractivity contribution is 5.96. The van der Waals surface area contributed by atoms with E-state index in [9.17, 15) is 0 Å². The van der Waals surface area contributed by atoms with Gasteiger partial charge in [0.2, 0.25) is 0 Å². The van der Waals surface area contributed by atoms with E-state index in [4.69, 9.17) is 0 Å². The molecule has 0 saturated heterocycles. The average molecular weight is 991 g/mol. The van der Waals surface area contributed by atoms with Gasteiger partial charge in [-0.2, -0.15) is 0 Å². The van der Waals surface area contributed by atoms with Crippen LogP contribution in [0.3, 0.4) is 0 Å². The maximum absolute atomic E-state index is 2.50. The molecule has 1 aliphatic rings. The largest absolute Gasteiger partial charge is 0.0719 e. The molecular weight excluding hydrogens is 937 g/mol. The summed E-state index contributed by atoms with van der Waals surface area (Å²) in [5.74, 6) is 0. The molecule has 13 aromatic carbocycles. The van der Waals surface area contributed by atoms with Gasteiger partial charge in [-0.1, -0.05) is 266 Å². The van der Waals surface area contributed by atoms with Crippen LogP contribution in [0.25, 0.3) is 111 Å². The summed E-state index contributed by atoms with van der Waals surface area (Å²) in [7, 11) is 0. The summed E-state index contributed by atoms with van der Waals surface area (Å²) in [5.41, 5.74) is 27.4. The second-order valence-corrected chi connectivity index (χ2v) is 20.9. The molecule has 1 aliphatic carbocycles. The first-order valence-corrected chi connectivity index (χ1v) is 27.1. The number of fused-ring (bicyclic) bond motifs is 4. The van der Waals surface area contributed by atoms with Crippen molar-refractivity contribution in [2.75, 3.05) is 0 Å². The monoisotopic (exact) mass is 990 g/mol. The molecule has 0 heteroatoms. The zero-order valence-electron chi connectivity index (χ0n) is 43.4. The van der Waals surface area contributed by atoms with Gasteiger partial charge in [-0.25, -0.2) is 0 Å². The molecule has 0 nitrogen and oxygen atoms in total. The SMILES string of the molecule is Cc1ccc(C2(c3cccc4ccccc34)c3cc(-c4ccc(-c5cc(-c6ccccc6)cc(-c6ccccc6)c5)cc4)ccc3-c3ccc(-c4ccc(-c5cc(-c6ccccc6)cc(-c6ccccc6)c5)cc4)cc32)cc1. The van der Waals surface area contributed by atoms with Gasteiger partial charge in [-0.15, -0.1) is 0 Å². The first-order valence-electron chi connectivity index (χ1n) is 27.1. The number of benzene rings is 13. The highest BCUT2D eigenvalue weighted by Gasteiger charge is 2.47. The lowest BCUT2D eigenvalue weighted by atomic mass is 9.66. The maximum Gasteiger partial charge on any atom is 0.0719 e. The molecule has 78 heavy (non-hydrogen) atoms. The van der Waals surface area contributed by atoms with Crippen molar-refractivity contribution in [3.05, 3.63) is 337 Å². The standard InChI is InChI=1S/C78H54/c1-53-29-41-71(42-30-53)78(75-28-16-26-62-25-14-15-27-72(62)75)76-51-63(58-31-35-60(36-32-58)69-47-65(54-17-6-2-7-18-54)45-66(48-69)55-19-8-3-9-20-55)39-43-73(76)74-44-40-64(52-77(74)78)59-33-37-61(38-34-59)70-49-67(56-21-10-4-11-22-56)46-68(50-70)57-23-12-5-13-24-57/h2-52H,1H3. The van der Waals surface area contributed by atoms with Crippen molar-refractivity contribution < 1.29 is 0 Å². The third kappa shape index (κ3) is 8.36. The van der Waals surface area contributed by atoms with Crippen LogP contribution >= 0.6 is 0 Å². The van der Waals surface area contributed by atoms with Crippen LogP contribution in [0.15, 0.2) is 309 Å². The van der Waals surface area contributed by atoms with E-state index < -0.39 is 5.41 Å². The number of hydrogen-bond donors (Lipinski definition) is 0. The Kier molecular flexibility index (Phi) is 11.8. The molecular formula is C78H54. The fourth-order valence-electron chi connectivity index (χ4n) is 12.3. The summed E-state index contributed by atoms with van der Waals surface area (Å²) in [6.07, 6.45) is 0. The van der Waals surface area contributed by atoms with Gasteiger partial charge in [0.15, 0.2) is 0 Å². The van der Waals surface area contributed by atoms with Gasteiger partial charge in [0.1, 0.15) is 0 Å². The average Bonchev–Trinajstić information content (AvgIpc) is 4.05. The molecule has 0 fully saturated rings. The van der Waals surface area contributed by atoms with E-state index in [1.165, 1.54) is 139 Å². The Morgan fingerprint density at radius 2 is 0.513 bits per heavy atom. The quantitative estimate of drug-likeness (QED) is 0.128. The molecule has 13 aromatic rings. The van der Waals surface area contributed by atoms with Gasteiger partial charge < -0.3 is 0 Å². The third-order valence-electron chi connectivity index (χ3n) is 16.2. The first kappa shape index (κ1) is 46.6. The van der Waals surface area contributed by atoms with Crippen molar-refractivity contribution in [3.8, 4) is 100 Å². The Hall–Kier alpha value is -9.88. The van der Waals surface area contributed by atoms with Gasteiger partial charge >= 0.3 is 0 Å². The smallest absolute Gasteiger partial charge is 0.0622 e. The fourth-order valence-corrected chi connectivity index (χ4v) is 12.3. The Morgan fingerprint density at radius 1 is 0.205 bits per heavy atom. The van der Waals surface area contributed by atoms with E-state index in [-0.39, 0.29) is 0 Å². The normalized spacial score (nSPS) is 12.3. The molecule has 0 aromatic heterocycles. The number of aryl methyl sites for hydroxylation is 1. The van der Waals surface area contributed by atoms with E-state index in [1.54, 1.807) is 0 Å². The van der Waals surface area contributed by atoms with Gasteiger partial charge in [-0.3, -0.25) is 0 Å². The van der Waals surface area contributed by atoms with Crippen LogP contribution in [0, 0.1) is 6.92 Å². The lowest BCUT2D eigenvalue weighted by Crippen LogP contribution is -2.29. The van der Waals surface area contributed by atoms with Crippen LogP contribution in [0.4, 0.5) is 0 Å². The molecule has 0 atom stereocenters. The topological polar surface area (TPSA) is 0 Å². The van der Waals surface area contributed by atoms with Crippen molar-refractivity contribution in [1.82, 2.24) is 0 Å². The summed E-state index contributed by atoms with van der Waals surface area (Å²) in [6, 6.07) is 115. The van der Waals surface area contributed by atoms with Gasteiger partial charge in [0.25, 0.3) is 0 Å². The fraction of sp³-hybridized carbons (Fsp3) is 0.0256. The van der Waals surface area contributed by atoms with Crippen LogP contribution in [0.2, 0.25) is 0 Å². The minimum atomic E-state index is -0.636. The van der Waals surface area contributed by atoms with Gasteiger partial charge in [0.05, 0.1) is 5.41 Å². The van der Waals surface area contributed by atoms with Crippen molar-refractivity contribution in [2.24, 2.45) is 0 Å². The van der Waals surface area contributed by atoms with Crippen molar-refractivity contribution >= 4 is 10.8 Å². The molecule has 0 bridgehead atoms. The summed E-state index contributed by atoms with van der Waals surface area (Å²) in [6.45, 7) is 2.19. The van der Waals surface area contributed by atoms with Crippen LogP contribution < -0.4 is 0 Å². The number of rotatable bonds is 10. The highest BCUT2D eigenvalue weighted by Crippen LogP contribution is 2.59. The molecule has 0 saturated carbocycles. The molecule has 0 N–H and O–H groups in total. The highest BCUT2D eigenvalue weighted by atomic mass is 14.5. The van der Waals surface area contributed by atoms with E-state index in [0.29, 0.717) is 0 Å². The molecule has 0 heterocycles. The second kappa shape index (κ2) is 19.7. The Morgan fingerprint density at radius 3 is 0.897 bits per heavy atom. The Balaban J connectivity index is 0.899. The van der Waals surface area contributed by atoms with E-state index in [0.717, 1.165) is 0 Å². The molecule has 0 aliphatic heterocycles. The minimum absolute atomic E-state index is 0.636. The molecule has 0 unspecified atom stereocenters. The molecule has 366 valence electrons. The summed E-state index contributed by atoms with van der Waals surface area (Å²) in [4.78, 5) is 0. The zero-order valence-corrected chi connectivity index (χ0v) is 43.4. The van der Waals surface area contributed by atoms with Crippen molar-refractivity contribution in [3.63, 3.8) is 0 Å². The van der Waals surface area contributed by atoms with Crippen LogP contribution in [-0.4, -0.2) is 0 Å². The molecule has 0 spiro atoms. The van der Waals surface area contributed by atoms with E-state index in [2.05, 4.69) is 316 Å². The van der Waals surface area contributed by atoms with E-state index in [1.807, 2.05) is 0 Å². The van der Waals surface area contributed by atoms with Crippen LogP contribution in [0.1, 0.15) is 27.8 Å². The minimum Gasteiger partial charge on any atom is -0.0622 e. The van der Waals surface area contributed by atoms with Gasteiger partial charge in [0, 0.05) is 0 Å². The summed E-state index contributed by atoms with van der Waals surface area (Å²) < 4.78 is 0. The number of hydrogen-bond acceptors (Lipinski definition) is 0. The summed E-state index contributed by atoms with van der Waals surface area (Å²) >= 11 is 0. The lowest BCUT2D eigenvalue weighted by Gasteiger charge is -2.35. The molecule has 14 rings (SSSR count). The van der Waals surface area contributed by atoms with E-state index >= 15 is 0 Å². The summed E-state index contributed by atoms with van der Waals surface area (Å²) in [5, 5.41) is 2.48. The molecule has 0 amide bonds. The van der Waals surface area contributed by atoms with Crippen LogP contribution in [-0.2, 0) is 5.41 Å². The Bertz CT molecular complexity index is 3970. The lowest BCUT2D eigenvalue weighted by molar-refractivity contribution is 0.776. The van der Waals surface area contributed by atoms with Gasteiger partial charge in [-0.05, 0) is 189 Å². The predicted molar refractivity (Wildman–Crippen MR) is 329 cm³/mol. The molecule has 0 radical (unpaired) electrons. The van der Waals surface area contributed by atoms with Crippen LogP contribution in [0.5, 0.6) is 0 Å². The predicted octanol–water partition coefficient (Wildman–Crippen LogP) is 20.8.